The summed E-state index contributed by atoms with van der Waals surface area (Å²) in [5.41, 5.74) is 1.23. The van der Waals surface area contributed by atoms with Crippen LogP contribution in [-0.2, 0) is 4.79 Å². The fourth-order valence-corrected chi connectivity index (χ4v) is 2.06. The Morgan fingerprint density at radius 1 is 1.04 bits per heavy atom. The zero-order valence-corrected chi connectivity index (χ0v) is 13.6. The van der Waals surface area contributed by atoms with Crippen molar-refractivity contribution in [3.8, 4) is 0 Å². The zero-order valence-electron chi connectivity index (χ0n) is 12.8. The maximum atomic E-state index is 12.3. The summed E-state index contributed by atoms with van der Waals surface area (Å²) in [5, 5.41) is 14.5. The van der Waals surface area contributed by atoms with E-state index in [0.29, 0.717) is 16.1 Å². The number of carbonyl (C=O) groups is 2. The van der Waals surface area contributed by atoms with Crippen LogP contribution in [0.4, 0.5) is 0 Å². The standard InChI is InChI=1S/C18H17ClN2O3/c19-15-8-6-13(7-9-15)12-16(18(24)20-10-11-22)21-17(23)14-4-2-1-3-5-14/h1-9,12,22H,10-11H2,(H,20,24)(H,21,23). The number of amides is 2. The monoisotopic (exact) mass is 344 g/mol. The quantitative estimate of drug-likeness (QED) is 0.703. The fourth-order valence-electron chi connectivity index (χ4n) is 1.93. The van der Waals surface area contributed by atoms with E-state index in [4.69, 9.17) is 16.7 Å². The molecule has 24 heavy (non-hydrogen) atoms. The Labute approximate surface area is 145 Å². The maximum absolute atomic E-state index is 12.3. The molecule has 0 saturated heterocycles. The van der Waals surface area contributed by atoms with Crippen molar-refractivity contribution in [3.05, 3.63) is 76.4 Å². The van der Waals surface area contributed by atoms with E-state index in [1.807, 2.05) is 0 Å². The van der Waals surface area contributed by atoms with Crippen LogP contribution in [0, 0.1) is 0 Å². The highest BCUT2D eigenvalue weighted by molar-refractivity contribution is 6.30. The van der Waals surface area contributed by atoms with Gasteiger partial charge in [-0.15, -0.1) is 0 Å². The molecule has 0 saturated carbocycles. The molecule has 0 aliphatic heterocycles. The summed E-state index contributed by atoms with van der Waals surface area (Å²) >= 11 is 5.85. The third kappa shape index (κ3) is 5.22. The highest BCUT2D eigenvalue weighted by Gasteiger charge is 2.14. The number of halogens is 1. The molecule has 0 aliphatic carbocycles. The Morgan fingerprint density at radius 2 is 1.71 bits per heavy atom. The van der Waals surface area contributed by atoms with Crippen LogP contribution in [0.25, 0.3) is 6.08 Å². The number of hydrogen-bond acceptors (Lipinski definition) is 3. The van der Waals surface area contributed by atoms with Crippen molar-refractivity contribution in [1.29, 1.82) is 0 Å². The van der Waals surface area contributed by atoms with E-state index in [9.17, 15) is 9.59 Å². The largest absolute Gasteiger partial charge is 0.395 e. The van der Waals surface area contributed by atoms with Gasteiger partial charge in [-0.25, -0.2) is 0 Å². The molecule has 0 bridgehead atoms. The smallest absolute Gasteiger partial charge is 0.267 e. The lowest BCUT2D eigenvalue weighted by Crippen LogP contribution is -2.36. The normalized spacial score (nSPS) is 11.0. The molecule has 0 atom stereocenters. The molecular weight excluding hydrogens is 328 g/mol. The molecule has 5 nitrogen and oxygen atoms in total. The van der Waals surface area contributed by atoms with E-state index in [1.54, 1.807) is 60.7 Å². The first kappa shape index (κ1) is 17.7. The topological polar surface area (TPSA) is 78.4 Å². The second-order valence-electron chi connectivity index (χ2n) is 4.91. The van der Waals surface area contributed by atoms with Gasteiger partial charge in [-0.05, 0) is 35.9 Å². The average molecular weight is 345 g/mol. The summed E-state index contributed by atoms with van der Waals surface area (Å²) in [4.78, 5) is 24.5. The van der Waals surface area contributed by atoms with Crippen LogP contribution in [0.5, 0.6) is 0 Å². The number of carbonyl (C=O) groups excluding carboxylic acids is 2. The Kier molecular flexibility index (Phi) is 6.54. The second-order valence-corrected chi connectivity index (χ2v) is 5.35. The van der Waals surface area contributed by atoms with Gasteiger partial charge < -0.3 is 15.7 Å². The number of rotatable bonds is 6. The minimum absolute atomic E-state index is 0.0830. The van der Waals surface area contributed by atoms with Crippen LogP contribution in [0.1, 0.15) is 15.9 Å². The number of benzene rings is 2. The first-order chi connectivity index (χ1) is 11.6. The van der Waals surface area contributed by atoms with Crippen molar-refractivity contribution in [1.82, 2.24) is 10.6 Å². The third-order valence-corrected chi connectivity index (χ3v) is 3.36. The molecule has 6 heteroatoms. The lowest BCUT2D eigenvalue weighted by atomic mass is 10.1. The number of hydrogen-bond donors (Lipinski definition) is 3. The van der Waals surface area contributed by atoms with E-state index in [2.05, 4.69) is 10.6 Å². The molecule has 2 rings (SSSR count). The van der Waals surface area contributed by atoms with Gasteiger partial charge in [-0.1, -0.05) is 41.9 Å². The zero-order chi connectivity index (χ0) is 17.4. The van der Waals surface area contributed by atoms with E-state index in [-0.39, 0.29) is 18.8 Å². The van der Waals surface area contributed by atoms with Crippen molar-refractivity contribution < 1.29 is 14.7 Å². The molecule has 0 heterocycles. The summed E-state index contributed by atoms with van der Waals surface area (Å²) < 4.78 is 0. The van der Waals surface area contributed by atoms with Gasteiger partial charge in [-0.3, -0.25) is 9.59 Å². The average Bonchev–Trinajstić information content (AvgIpc) is 2.61. The molecule has 0 radical (unpaired) electrons. The van der Waals surface area contributed by atoms with Gasteiger partial charge in [0.15, 0.2) is 0 Å². The van der Waals surface area contributed by atoms with Crippen LogP contribution in [0.3, 0.4) is 0 Å². The van der Waals surface area contributed by atoms with Gasteiger partial charge in [0.1, 0.15) is 5.70 Å². The maximum Gasteiger partial charge on any atom is 0.267 e. The molecule has 0 spiro atoms. The Hall–Kier alpha value is -2.63. The first-order valence-corrected chi connectivity index (χ1v) is 7.70. The van der Waals surface area contributed by atoms with Crippen LogP contribution in [0.15, 0.2) is 60.3 Å². The molecule has 0 unspecified atom stereocenters. The summed E-state index contributed by atoms with van der Waals surface area (Å²) in [6.07, 6.45) is 1.55. The van der Waals surface area contributed by atoms with Crippen LogP contribution in [-0.4, -0.2) is 30.1 Å². The van der Waals surface area contributed by atoms with Gasteiger partial charge in [0.25, 0.3) is 11.8 Å². The minimum Gasteiger partial charge on any atom is -0.395 e. The van der Waals surface area contributed by atoms with E-state index in [0.717, 1.165) is 0 Å². The van der Waals surface area contributed by atoms with E-state index < -0.39 is 11.8 Å². The van der Waals surface area contributed by atoms with Crippen LogP contribution < -0.4 is 10.6 Å². The predicted octanol–water partition coefficient (Wildman–Crippen LogP) is 2.22. The van der Waals surface area contributed by atoms with Crippen molar-refractivity contribution >= 4 is 29.5 Å². The van der Waals surface area contributed by atoms with E-state index >= 15 is 0 Å². The molecule has 0 aliphatic rings. The van der Waals surface area contributed by atoms with Crippen molar-refractivity contribution in [2.75, 3.05) is 13.2 Å². The number of aliphatic hydroxyl groups excluding tert-OH is 1. The fraction of sp³-hybridized carbons (Fsp3) is 0.111. The molecular formula is C18H17ClN2O3. The van der Waals surface area contributed by atoms with Crippen molar-refractivity contribution in [2.45, 2.75) is 0 Å². The number of nitrogens with one attached hydrogen (secondary N) is 2. The highest BCUT2D eigenvalue weighted by atomic mass is 35.5. The molecule has 2 aromatic carbocycles. The van der Waals surface area contributed by atoms with Gasteiger partial charge in [-0.2, -0.15) is 0 Å². The molecule has 2 amide bonds. The molecule has 0 aromatic heterocycles. The summed E-state index contributed by atoms with van der Waals surface area (Å²) in [6, 6.07) is 15.4. The Morgan fingerprint density at radius 3 is 2.33 bits per heavy atom. The summed E-state index contributed by atoms with van der Waals surface area (Å²) in [6.45, 7) is -0.0927. The third-order valence-electron chi connectivity index (χ3n) is 3.11. The molecule has 124 valence electrons. The van der Waals surface area contributed by atoms with Crippen LogP contribution >= 0.6 is 11.6 Å². The SMILES string of the molecule is O=C(NCCO)C(=Cc1ccc(Cl)cc1)NC(=O)c1ccccc1. The Bertz CT molecular complexity index is 728. The molecule has 3 N–H and O–H groups in total. The van der Waals surface area contributed by atoms with E-state index in [1.165, 1.54) is 0 Å². The highest BCUT2D eigenvalue weighted by Crippen LogP contribution is 2.12. The number of aliphatic hydroxyl groups is 1. The lowest BCUT2D eigenvalue weighted by molar-refractivity contribution is -0.117. The van der Waals surface area contributed by atoms with Gasteiger partial charge >= 0.3 is 0 Å². The van der Waals surface area contributed by atoms with Crippen molar-refractivity contribution in [2.24, 2.45) is 0 Å². The van der Waals surface area contributed by atoms with Gasteiger partial charge in [0, 0.05) is 17.1 Å². The molecule has 0 fully saturated rings. The van der Waals surface area contributed by atoms with Crippen molar-refractivity contribution in [3.63, 3.8) is 0 Å². The second kappa shape index (κ2) is 8.86. The van der Waals surface area contributed by atoms with Gasteiger partial charge in [0.2, 0.25) is 0 Å². The van der Waals surface area contributed by atoms with Crippen LogP contribution in [0.2, 0.25) is 5.02 Å². The summed E-state index contributed by atoms with van der Waals surface area (Å²) in [7, 11) is 0. The minimum atomic E-state index is -0.483. The predicted molar refractivity (Wildman–Crippen MR) is 93.4 cm³/mol. The van der Waals surface area contributed by atoms with Gasteiger partial charge in [0.05, 0.1) is 6.61 Å². The first-order valence-electron chi connectivity index (χ1n) is 7.33. The summed E-state index contributed by atoms with van der Waals surface area (Å²) in [5.74, 6) is -0.877. The Balaban J connectivity index is 2.23. The molecule has 2 aromatic rings. The lowest BCUT2D eigenvalue weighted by Gasteiger charge is -2.10.